The van der Waals surface area contributed by atoms with Gasteiger partial charge in [0.25, 0.3) is 0 Å². The monoisotopic (exact) mass is 270 g/mol. The van der Waals surface area contributed by atoms with Crippen LogP contribution in [0.15, 0.2) is 24.5 Å². The molecular weight excluding hydrogens is 257 g/mol. The summed E-state index contributed by atoms with van der Waals surface area (Å²) in [6, 6.07) is 3.22. The Morgan fingerprint density at radius 3 is 2.68 bits per heavy atom. The van der Waals surface area contributed by atoms with Gasteiger partial charge in [0.1, 0.15) is 12.2 Å². The van der Waals surface area contributed by atoms with Gasteiger partial charge in [-0.2, -0.15) is 13.2 Å². The number of ketones is 1. The quantitative estimate of drug-likeness (QED) is 0.801. The molecule has 0 saturated carbocycles. The first-order valence-electron chi connectivity index (χ1n) is 5.84. The third-order valence-corrected chi connectivity index (χ3v) is 2.77. The van der Waals surface area contributed by atoms with Crippen LogP contribution in [0.2, 0.25) is 0 Å². The summed E-state index contributed by atoms with van der Waals surface area (Å²) >= 11 is 0. The molecule has 0 unspecified atom stereocenters. The molecule has 0 fully saturated rings. The molecular formula is C13H13F3N2O. The molecule has 0 radical (unpaired) electrons. The standard InChI is InChI=1S/C13H13F3N2O/c1-8(2)11(19)10-6-18(7-13(14,15)16)12-9(10)4-3-5-17-12/h3-6,8H,7H2,1-2H3. The molecule has 0 saturated heterocycles. The van der Waals surface area contributed by atoms with Crippen LogP contribution in [0, 0.1) is 5.92 Å². The Kier molecular flexibility index (Phi) is 3.34. The lowest BCUT2D eigenvalue weighted by Crippen LogP contribution is -2.17. The Morgan fingerprint density at radius 2 is 2.11 bits per heavy atom. The van der Waals surface area contributed by atoms with Crippen molar-refractivity contribution < 1.29 is 18.0 Å². The van der Waals surface area contributed by atoms with Crippen LogP contribution >= 0.6 is 0 Å². The summed E-state index contributed by atoms with van der Waals surface area (Å²) in [5, 5.41) is 0.463. The number of halogens is 3. The number of alkyl halides is 3. The van der Waals surface area contributed by atoms with Crippen LogP contribution in [-0.2, 0) is 6.54 Å². The predicted molar refractivity (Wildman–Crippen MR) is 65.0 cm³/mol. The van der Waals surface area contributed by atoms with E-state index in [0.29, 0.717) is 10.9 Å². The summed E-state index contributed by atoms with van der Waals surface area (Å²) in [6.07, 6.45) is -1.69. The minimum absolute atomic E-state index is 0.182. The van der Waals surface area contributed by atoms with E-state index in [9.17, 15) is 18.0 Å². The highest BCUT2D eigenvalue weighted by Gasteiger charge is 2.30. The van der Waals surface area contributed by atoms with Gasteiger partial charge in [-0.25, -0.2) is 4.98 Å². The highest BCUT2D eigenvalue weighted by molar-refractivity contribution is 6.08. The van der Waals surface area contributed by atoms with Gasteiger partial charge in [-0.3, -0.25) is 4.79 Å². The molecule has 0 aliphatic rings. The molecule has 2 heterocycles. The summed E-state index contributed by atoms with van der Waals surface area (Å²) < 4.78 is 38.5. The van der Waals surface area contributed by atoms with Gasteiger partial charge in [0, 0.05) is 29.3 Å². The van der Waals surface area contributed by atoms with Crippen molar-refractivity contribution >= 4 is 16.8 Å². The van der Waals surface area contributed by atoms with Crippen molar-refractivity contribution in [3.05, 3.63) is 30.1 Å². The summed E-state index contributed by atoms with van der Waals surface area (Å²) in [5.74, 6) is -0.455. The molecule has 0 spiro atoms. The number of Topliss-reactive ketones (excluding diaryl/α,β-unsaturated/α-hetero) is 1. The number of carbonyl (C=O) groups excluding carboxylic acids is 1. The number of nitrogens with zero attached hydrogens (tertiary/aromatic N) is 2. The van der Waals surface area contributed by atoms with Gasteiger partial charge in [0.05, 0.1) is 0 Å². The molecule has 102 valence electrons. The van der Waals surface area contributed by atoms with Crippen LogP contribution in [0.1, 0.15) is 24.2 Å². The Labute approximate surface area is 108 Å². The molecule has 0 atom stereocenters. The van der Waals surface area contributed by atoms with E-state index in [4.69, 9.17) is 0 Å². The zero-order valence-corrected chi connectivity index (χ0v) is 10.5. The SMILES string of the molecule is CC(C)C(=O)c1cn(CC(F)(F)F)c2ncccc12. The molecule has 0 amide bonds. The highest BCUT2D eigenvalue weighted by atomic mass is 19.4. The second-order valence-electron chi connectivity index (χ2n) is 4.68. The molecule has 0 aliphatic heterocycles. The van der Waals surface area contributed by atoms with Crippen LogP contribution in [0.25, 0.3) is 11.0 Å². The van der Waals surface area contributed by atoms with Gasteiger partial charge in [-0.1, -0.05) is 13.8 Å². The third-order valence-electron chi connectivity index (χ3n) is 2.77. The zero-order chi connectivity index (χ0) is 14.2. The van der Waals surface area contributed by atoms with Crippen LogP contribution in [0.5, 0.6) is 0 Å². The minimum atomic E-state index is -4.35. The summed E-state index contributed by atoms with van der Waals surface area (Å²) in [6.45, 7) is 2.28. The van der Waals surface area contributed by atoms with Crippen molar-refractivity contribution in [2.75, 3.05) is 0 Å². The van der Waals surface area contributed by atoms with E-state index in [1.54, 1.807) is 26.0 Å². The number of hydrogen-bond acceptors (Lipinski definition) is 2. The normalized spacial score (nSPS) is 12.3. The largest absolute Gasteiger partial charge is 0.406 e. The van der Waals surface area contributed by atoms with Crippen LogP contribution in [0.3, 0.4) is 0 Å². The molecule has 6 heteroatoms. The summed E-state index contributed by atoms with van der Waals surface area (Å²) in [5.41, 5.74) is 0.478. The van der Waals surface area contributed by atoms with Gasteiger partial charge < -0.3 is 4.57 Å². The summed E-state index contributed by atoms with van der Waals surface area (Å²) in [7, 11) is 0. The first-order chi connectivity index (χ1) is 8.79. The maximum Gasteiger partial charge on any atom is 0.406 e. The maximum atomic E-state index is 12.5. The average Bonchev–Trinajstić information content (AvgIpc) is 2.65. The van der Waals surface area contributed by atoms with Crippen molar-refractivity contribution in [1.29, 1.82) is 0 Å². The van der Waals surface area contributed by atoms with Gasteiger partial charge in [0.15, 0.2) is 5.78 Å². The predicted octanol–water partition coefficient (Wildman–Crippen LogP) is 3.44. The number of fused-ring (bicyclic) bond motifs is 1. The van der Waals surface area contributed by atoms with Crippen molar-refractivity contribution in [3.63, 3.8) is 0 Å². The van der Waals surface area contributed by atoms with E-state index in [1.807, 2.05) is 0 Å². The molecule has 2 rings (SSSR count). The molecule has 0 N–H and O–H groups in total. The van der Waals surface area contributed by atoms with Crippen molar-refractivity contribution in [2.24, 2.45) is 5.92 Å². The number of rotatable bonds is 3. The first-order valence-corrected chi connectivity index (χ1v) is 5.84. The Morgan fingerprint density at radius 1 is 1.42 bits per heavy atom. The number of pyridine rings is 1. The number of carbonyl (C=O) groups is 1. The molecule has 2 aromatic rings. The number of hydrogen-bond donors (Lipinski definition) is 0. The second-order valence-corrected chi connectivity index (χ2v) is 4.68. The molecule has 0 aliphatic carbocycles. The Hall–Kier alpha value is -1.85. The third kappa shape index (κ3) is 2.77. The van der Waals surface area contributed by atoms with Crippen LogP contribution in [-0.4, -0.2) is 21.5 Å². The lowest BCUT2D eigenvalue weighted by atomic mass is 10.0. The fourth-order valence-corrected chi connectivity index (χ4v) is 1.94. The second kappa shape index (κ2) is 4.68. The van der Waals surface area contributed by atoms with Gasteiger partial charge in [-0.15, -0.1) is 0 Å². The molecule has 19 heavy (non-hydrogen) atoms. The van der Waals surface area contributed by atoms with E-state index < -0.39 is 12.7 Å². The van der Waals surface area contributed by atoms with E-state index >= 15 is 0 Å². The van der Waals surface area contributed by atoms with Crippen molar-refractivity contribution in [2.45, 2.75) is 26.6 Å². The zero-order valence-electron chi connectivity index (χ0n) is 10.5. The Balaban J connectivity index is 2.58. The fraction of sp³-hybridized carbons (Fsp3) is 0.385. The van der Waals surface area contributed by atoms with E-state index in [0.717, 1.165) is 4.57 Å². The maximum absolute atomic E-state index is 12.5. The van der Waals surface area contributed by atoms with Crippen molar-refractivity contribution in [1.82, 2.24) is 9.55 Å². The molecule has 0 bridgehead atoms. The summed E-state index contributed by atoms with van der Waals surface area (Å²) in [4.78, 5) is 16.0. The van der Waals surface area contributed by atoms with E-state index in [1.165, 1.54) is 12.4 Å². The van der Waals surface area contributed by atoms with Crippen LogP contribution in [0.4, 0.5) is 13.2 Å². The lowest BCUT2D eigenvalue weighted by Gasteiger charge is -2.07. The van der Waals surface area contributed by atoms with Gasteiger partial charge >= 0.3 is 6.18 Å². The van der Waals surface area contributed by atoms with E-state index in [2.05, 4.69) is 4.98 Å². The fourth-order valence-electron chi connectivity index (χ4n) is 1.94. The minimum Gasteiger partial charge on any atom is -0.323 e. The molecule has 3 nitrogen and oxygen atoms in total. The average molecular weight is 270 g/mol. The lowest BCUT2D eigenvalue weighted by molar-refractivity contribution is -0.139. The van der Waals surface area contributed by atoms with Gasteiger partial charge in [-0.05, 0) is 12.1 Å². The highest BCUT2D eigenvalue weighted by Crippen LogP contribution is 2.26. The Bertz CT molecular complexity index is 614. The van der Waals surface area contributed by atoms with Crippen LogP contribution < -0.4 is 0 Å². The first kappa shape index (κ1) is 13.6. The van der Waals surface area contributed by atoms with E-state index in [-0.39, 0.29) is 17.3 Å². The van der Waals surface area contributed by atoms with Crippen molar-refractivity contribution in [3.8, 4) is 0 Å². The smallest absolute Gasteiger partial charge is 0.323 e. The molecule has 2 aromatic heterocycles. The van der Waals surface area contributed by atoms with Gasteiger partial charge in [0.2, 0.25) is 0 Å². The number of aromatic nitrogens is 2. The molecule has 0 aromatic carbocycles. The topological polar surface area (TPSA) is 34.9 Å².